The zero-order chi connectivity index (χ0) is 15.3. The molecule has 0 bridgehead atoms. The van der Waals surface area contributed by atoms with Crippen LogP contribution in [0.4, 0.5) is 0 Å². The molecule has 0 aromatic heterocycles. The average Bonchev–Trinajstić information content (AvgIpc) is 2.37. The van der Waals surface area contributed by atoms with Gasteiger partial charge in [-0.25, -0.2) is 0 Å². The van der Waals surface area contributed by atoms with E-state index in [2.05, 4.69) is 19.2 Å². The molecular weight excluding hydrogens is 254 g/mol. The smallest absolute Gasteiger partial charge is 0.239 e. The minimum atomic E-state index is -0.392. The Morgan fingerprint density at radius 3 is 2.20 bits per heavy atom. The molecule has 0 aromatic carbocycles. The zero-order valence-electron chi connectivity index (χ0n) is 13.2. The molecule has 0 aromatic rings. The van der Waals surface area contributed by atoms with Crippen molar-refractivity contribution >= 4 is 11.8 Å². The summed E-state index contributed by atoms with van der Waals surface area (Å²) in [7, 11) is 0. The van der Waals surface area contributed by atoms with Crippen molar-refractivity contribution in [2.24, 2.45) is 17.6 Å². The highest BCUT2D eigenvalue weighted by Crippen LogP contribution is 2.14. The summed E-state index contributed by atoms with van der Waals surface area (Å²) in [5.74, 6) is 0.574. The molecule has 1 atom stereocenters. The van der Waals surface area contributed by atoms with Crippen molar-refractivity contribution in [3.8, 4) is 0 Å². The van der Waals surface area contributed by atoms with Crippen molar-refractivity contribution in [2.75, 3.05) is 13.1 Å². The first kappa shape index (κ1) is 17.0. The SMILES string of the molecule is CC(C)C[C@H](N)C(=O)N1CCC(NC(=O)C(C)C)CC1. The monoisotopic (exact) mass is 283 g/mol. The molecule has 1 aliphatic rings. The maximum Gasteiger partial charge on any atom is 0.239 e. The lowest BCUT2D eigenvalue weighted by atomic mass is 10.00. The van der Waals surface area contributed by atoms with Gasteiger partial charge >= 0.3 is 0 Å². The first-order valence-electron chi connectivity index (χ1n) is 7.66. The number of hydrogen-bond donors (Lipinski definition) is 2. The second-order valence-electron chi connectivity index (χ2n) is 6.50. The van der Waals surface area contributed by atoms with E-state index in [0.29, 0.717) is 19.0 Å². The summed E-state index contributed by atoms with van der Waals surface area (Å²) < 4.78 is 0. The van der Waals surface area contributed by atoms with Crippen molar-refractivity contribution in [2.45, 2.75) is 59.0 Å². The van der Waals surface area contributed by atoms with E-state index in [0.717, 1.165) is 19.3 Å². The largest absolute Gasteiger partial charge is 0.353 e. The highest BCUT2D eigenvalue weighted by molar-refractivity contribution is 5.82. The van der Waals surface area contributed by atoms with Crippen LogP contribution in [0.2, 0.25) is 0 Å². The van der Waals surface area contributed by atoms with E-state index in [1.54, 1.807) is 0 Å². The lowest BCUT2D eigenvalue weighted by Gasteiger charge is -2.34. The summed E-state index contributed by atoms with van der Waals surface area (Å²) in [5, 5.41) is 3.03. The van der Waals surface area contributed by atoms with Crippen molar-refractivity contribution < 1.29 is 9.59 Å². The van der Waals surface area contributed by atoms with E-state index in [4.69, 9.17) is 5.73 Å². The van der Waals surface area contributed by atoms with Crippen LogP contribution < -0.4 is 11.1 Å². The van der Waals surface area contributed by atoms with Crippen LogP contribution >= 0.6 is 0 Å². The Morgan fingerprint density at radius 1 is 1.20 bits per heavy atom. The summed E-state index contributed by atoms with van der Waals surface area (Å²) in [6, 6.07) is -0.202. The summed E-state index contributed by atoms with van der Waals surface area (Å²) in [5.41, 5.74) is 5.94. The molecule has 0 unspecified atom stereocenters. The number of carbonyl (C=O) groups is 2. The minimum absolute atomic E-state index is 0.00845. The van der Waals surface area contributed by atoms with Crippen molar-refractivity contribution in [3.63, 3.8) is 0 Å². The fourth-order valence-electron chi connectivity index (χ4n) is 2.46. The molecule has 2 amide bonds. The number of hydrogen-bond acceptors (Lipinski definition) is 3. The van der Waals surface area contributed by atoms with Crippen molar-refractivity contribution in [1.82, 2.24) is 10.2 Å². The lowest BCUT2D eigenvalue weighted by molar-refractivity contribution is -0.134. The Balaban J connectivity index is 2.38. The Hall–Kier alpha value is -1.10. The molecule has 0 radical (unpaired) electrons. The Kier molecular flexibility index (Phi) is 6.46. The molecule has 0 aliphatic carbocycles. The normalized spacial score (nSPS) is 18.4. The zero-order valence-corrected chi connectivity index (χ0v) is 13.2. The van der Waals surface area contributed by atoms with Gasteiger partial charge in [0.2, 0.25) is 11.8 Å². The van der Waals surface area contributed by atoms with Crippen LogP contribution in [0.15, 0.2) is 0 Å². The van der Waals surface area contributed by atoms with Crippen LogP contribution in [0.5, 0.6) is 0 Å². The van der Waals surface area contributed by atoms with E-state index in [1.807, 2.05) is 18.7 Å². The molecule has 1 saturated heterocycles. The van der Waals surface area contributed by atoms with Crippen LogP contribution in [0.1, 0.15) is 47.0 Å². The minimum Gasteiger partial charge on any atom is -0.353 e. The van der Waals surface area contributed by atoms with Gasteiger partial charge in [0.1, 0.15) is 0 Å². The fourth-order valence-corrected chi connectivity index (χ4v) is 2.46. The summed E-state index contributed by atoms with van der Waals surface area (Å²) >= 11 is 0. The van der Waals surface area contributed by atoms with Gasteiger partial charge in [0.05, 0.1) is 6.04 Å². The van der Waals surface area contributed by atoms with Gasteiger partial charge in [-0.3, -0.25) is 9.59 Å². The molecule has 5 heteroatoms. The number of nitrogens with zero attached hydrogens (tertiary/aromatic N) is 1. The fraction of sp³-hybridized carbons (Fsp3) is 0.867. The highest BCUT2D eigenvalue weighted by atomic mass is 16.2. The van der Waals surface area contributed by atoms with E-state index >= 15 is 0 Å². The van der Waals surface area contributed by atoms with Gasteiger partial charge in [-0.15, -0.1) is 0 Å². The topological polar surface area (TPSA) is 75.4 Å². The van der Waals surface area contributed by atoms with Gasteiger partial charge in [-0.1, -0.05) is 27.7 Å². The summed E-state index contributed by atoms with van der Waals surface area (Å²) in [4.78, 5) is 25.7. The number of amides is 2. The molecule has 1 fully saturated rings. The van der Waals surface area contributed by atoms with Gasteiger partial charge in [0.25, 0.3) is 0 Å². The molecule has 5 nitrogen and oxygen atoms in total. The first-order valence-corrected chi connectivity index (χ1v) is 7.66. The Bertz CT molecular complexity index is 334. The van der Waals surface area contributed by atoms with Gasteiger partial charge in [0, 0.05) is 25.0 Å². The van der Waals surface area contributed by atoms with Crippen LogP contribution in [0.25, 0.3) is 0 Å². The van der Waals surface area contributed by atoms with Crippen molar-refractivity contribution in [3.05, 3.63) is 0 Å². The molecule has 1 heterocycles. The van der Waals surface area contributed by atoms with Crippen molar-refractivity contribution in [1.29, 1.82) is 0 Å². The van der Waals surface area contributed by atoms with E-state index in [9.17, 15) is 9.59 Å². The van der Waals surface area contributed by atoms with Crippen LogP contribution in [0, 0.1) is 11.8 Å². The summed E-state index contributed by atoms with van der Waals surface area (Å²) in [6.45, 7) is 9.29. The van der Waals surface area contributed by atoms with Gasteiger partial charge in [-0.05, 0) is 25.2 Å². The number of nitrogens with two attached hydrogens (primary N) is 1. The number of carbonyl (C=O) groups excluding carboxylic acids is 2. The van der Waals surface area contributed by atoms with Crippen LogP contribution in [0.3, 0.4) is 0 Å². The van der Waals surface area contributed by atoms with Gasteiger partial charge in [-0.2, -0.15) is 0 Å². The van der Waals surface area contributed by atoms with E-state index < -0.39 is 6.04 Å². The maximum atomic E-state index is 12.2. The number of nitrogens with one attached hydrogen (secondary N) is 1. The average molecular weight is 283 g/mol. The maximum absolute atomic E-state index is 12.2. The molecule has 0 spiro atoms. The first-order chi connectivity index (χ1) is 9.31. The third-order valence-corrected chi connectivity index (χ3v) is 3.72. The molecule has 1 rings (SSSR count). The third-order valence-electron chi connectivity index (χ3n) is 3.72. The second kappa shape index (κ2) is 7.62. The second-order valence-corrected chi connectivity index (χ2v) is 6.50. The quantitative estimate of drug-likeness (QED) is 0.794. The van der Waals surface area contributed by atoms with E-state index in [-0.39, 0.29) is 23.8 Å². The number of rotatable bonds is 5. The Morgan fingerprint density at radius 2 is 1.75 bits per heavy atom. The summed E-state index contributed by atoms with van der Waals surface area (Å²) in [6.07, 6.45) is 2.36. The molecule has 20 heavy (non-hydrogen) atoms. The molecule has 3 N–H and O–H groups in total. The Labute approximate surface area is 122 Å². The lowest BCUT2D eigenvalue weighted by Crippen LogP contribution is -2.51. The molecule has 116 valence electrons. The predicted molar refractivity (Wildman–Crippen MR) is 80.0 cm³/mol. The third kappa shape index (κ3) is 5.12. The number of likely N-dealkylation sites (tertiary alicyclic amines) is 1. The molecule has 0 saturated carbocycles. The van der Waals surface area contributed by atoms with Crippen LogP contribution in [-0.4, -0.2) is 41.9 Å². The van der Waals surface area contributed by atoms with Gasteiger partial charge < -0.3 is 16.0 Å². The standard InChI is InChI=1S/C15H29N3O2/c1-10(2)9-13(16)15(20)18-7-5-12(6-8-18)17-14(19)11(3)4/h10-13H,5-9,16H2,1-4H3,(H,17,19)/t13-/m0/s1. The highest BCUT2D eigenvalue weighted by Gasteiger charge is 2.27. The van der Waals surface area contributed by atoms with Gasteiger partial charge in [0.15, 0.2) is 0 Å². The predicted octanol–water partition coefficient (Wildman–Crippen LogP) is 1.12. The molecular formula is C15H29N3O2. The number of piperidine rings is 1. The molecule has 1 aliphatic heterocycles. The van der Waals surface area contributed by atoms with Crippen LogP contribution in [-0.2, 0) is 9.59 Å². The van der Waals surface area contributed by atoms with E-state index in [1.165, 1.54) is 0 Å².